The fourth-order valence-electron chi connectivity index (χ4n) is 3.05. The molecule has 5 nitrogen and oxygen atoms in total. The Labute approximate surface area is 187 Å². The number of anilines is 1. The van der Waals surface area contributed by atoms with Crippen LogP contribution >= 0.6 is 15.9 Å². The number of hydrogen-bond acceptors (Lipinski definition) is 4. The van der Waals surface area contributed by atoms with Gasteiger partial charge in [-0.1, -0.05) is 52.3 Å². The second-order valence-electron chi connectivity index (χ2n) is 6.70. The zero-order valence-corrected chi connectivity index (χ0v) is 17.9. The van der Waals surface area contributed by atoms with E-state index in [0.29, 0.717) is 23.0 Å². The highest BCUT2D eigenvalue weighted by molar-refractivity contribution is 9.10. The molecule has 0 aliphatic carbocycles. The molecule has 0 atom stereocenters. The summed E-state index contributed by atoms with van der Waals surface area (Å²) in [5.41, 5.74) is 0.593. The summed E-state index contributed by atoms with van der Waals surface area (Å²) in [5, 5.41) is 14.2. The molecule has 0 saturated heterocycles. The van der Waals surface area contributed by atoms with Crippen LogP contribution in [0.15, 0.2) is 93.3 Å². The van der Waals surface area contributed by atoms with E-state index in [1.807, 2.05) is 66.7 Å². The van der Waals surface area contributed by atoms with Crippen molar-refractivity contribution >= 4 is 44.4 Å². The van der Waals surface area contributed by atoms with Crippen LogP contribution in [0.3, 0.4) is 0 Å². The minimum Gasteiger partial charge on any atom is -0.486 e. The summed E-state index contributed by atoms with van der Waals surface area (Å²) in [6.45, 7) is 0.236. The molecule has 0 aliphatic rings. The second kappa shape index (κ2) is 9.33. The number of fused-ring (bicyclic) bond motifs is 1. The molecule has 0 radical (unpaired) electrons. The molecule has 1 N–H and O–H groups in total. The van der Waals surface area contributed by atoms with Crippen molar-refractivity contribution in [2.75, 3.05) is 5.32 Å². The quantitative estimate of drug-likeness (QED) is 0.263. The van der Waals surface area contributed by atoms with Gasteiger partial charge in [-0.25, -0.2) is 0 Å². The number of nitrogens with one attached hydrogen (secondary N) is 1. The van der Waals surface area contributed by atoms with E-state index in [1.54, 1.807) is 18.2 Å². The highest BCUT2D eigenvalue weighted by Gasteiger charge is 2.12. The van der Waals surface area contributed by atoms with Crippen LogP contribution < -0.4 is 10.1 Å². The number of furan rings is 1. The van der Waals surface area contributed by atoms with Crippen LogP contribution in [-0.2, 0) is 11.4 Å². The fraction of sp³-hybridized carbons (Fsp3) is 0.0400. The van der Waals surface area contributed by atoms with E-state index >= 15 is 0 Å². The van der Waals surface area contributed by atoms with Crippen molar-refractivity contribution in [3.05, 3.63) is 100 Å². The summed E-state index contributed by atoms with van der Waals surface area (Å²) >= 11 is 3.38. The summed E-state index contributed by atoms with van der Waals surface area (Å²) in [6.07, 6.45) is 1.42. The Balaban J connectivity index is 1.46. The van der Waals surface area contributed by atoms with Crippen LogP contribution in [-0.4, -0.2) is 5.91 Å². The maximum Gasteiger partial charge on any atom is 0.266 e. The van der Waals surface area contributed by atoms with Crippen LogP contribution in [0.25, 0.3) is 16.8 Å². The normalized spacial score (nSPS) is 11.2. The van der Waals surface area contributed by atoms with Crippen molar-refractivity contribution in [3.8, 4) is 11.8 Å². The third-order valence-electron chi connectivity index (χ3n) is 4.57. The number of halogens is 1. The molecule has 4 rings (SSSR count). The number of benzene rings is 3. The van der Waals surface area contributed by atoms with Gasteiger partial charge in [0.1, 0.15) is 35.5 Å². The Morgan fingerprint density at radius 2 is 1.81 bits per heavy atom. The number of ether oxygens (including phenoxy) is 1. The summed E-state index contributed by atoms with van der Waals surface area (Å²) in [4.78, 5) is 12.7. The van der Waals surface area contributed by atoms with Crippen molar-refractivity contribution in [1.29, 1.82) is 5.26 Å². The second-order valence-corrected chi connectivity index (χ2v) is 7.61. The van der Waals surface area contributed by atoms with Gasteiger partial charge in [0.15, 0.2) is 0 Å². The predicted molar refractivity (Wildman–Crippen MR) is 123 cm³/mol. The van der Waals surface area contributed by atoms with Gasteiger partial charge in [-0.05, 0) is 47.9 Å². The van der Waals surface area contributed by atoms with Gasteiger partial charge in [-0.15, -0.1) is 0 Å². The zero-order chi connectivity index (χ0) is 21.6. The van der Waals surface area contributed by atoms with E-state index < -0.39 is 5.91 Å². The molecule has 3 aromatic carbocycles. The van der Waals surface area contributed by atoms with Gasteiger partial charge in [0.25, 0.3) is 5.91 Å². The zero-order valence-electron chi connectivity index (χ0n) is 16.3. The summed E-state index contributed by atoms with van der Waals surface area (Å²) in [7, 11) is 0. The van der Waals surface area contributed by atoms with Crippen LogP contribution in [0.1, 0.15) is 11.5 Å². The smallest absolute Gasteiger partial charge is 0.266 e. The van der Waals surface area contributed by atoms with E-state index in [2.05, 4.69) is 21.2 Å². The van der Waals surface area contributed by atoms with Crippen LogP contribution in [0.5, 0.6) is 5.75 Å². The molecule has 0 fully saturated rings. The molecule has 152 valence electrons. The minimum atomic E-state index is -0.497. The minimum absolute atomic E-state index is 0.0531. The maximum atomic E-state index is 12.7. The Morgan fingerprint density at radius 1 is 1.03 bits per heavy atom. The van der Waals surface area contributed by atoms with Crippen LogP contribution in [0.2, 0.25) is 0 Å². The van der Waals surface area contributed by atoms with Crippen LogP contribution in [0.4, 0.5) is 5.69 Å². The number of nitrogens with zero attached hydrogens (tertiary/aromatic N) is 1. The standard InChI is InChI=1S/C25H17BrN2O3/c26-19-8-10-20(11-9-19)30-16-22-13-12-21(31-22)14-18(15-27)25(29)28-24-7-3-5-17-4-1-2-6-23(17)24/h1-14H,16H2,(H,28,29)/b18-14+. The molecule has 1 aromatic heterocycles. The number of carbonyl (C=O) groups is 1. The third-order valence-corrected chi connectivity index (χ3v) is 5.10. The molecule has 0 spiro atoms. The fourth-order valence-corrected chi connectivity index (χ4v) is 3.31. The van der Waals surface area contributed by atoms with E-state index in [9.17, 15) is 10.1 Å². The highest BCUT2D eigenvalue weighted by atomic mass is 79.9. The summed E-state index contributed by atoms with van der Waals surface area (Å²) in [6, 6.07) is 26.2. The van der Waals surface area contributed by atoms with Gasteiger partial charge < -0.3 is 14.5 Å². The van der Waals surface area contributed by atoms with E-state index in [0.717, 1.165) is 15.2 Å². The highest BCUT2D eigenvalue weighted by Crippen LogP contribution is 2.24. The number of hydrogen-bond donors (Lipinski definition) is 1. The lowest BCUT2D eigenvalue weighted by molar-refractivity contribution is -0.112. The Hall–Kier alpha value is -3.82. The molecule has 0 bridgehead atoms. The van der Waals surface area contributed by atoms with Gasteiger partial charge >= 0.3 is 0 Å². The lowest BCUT2D eigenvalue weighted by Crippen LogP contribution is -2.13. The van der Waals surface area contributed by atoms with Crippen molar-refractivity contribution in [2.24, 2.45) is 0 Å². The molecule has 6 heteroatoms. The molecular weight excluding hydrogens is 456 g/mol. The van der Waals surface area contributed by atoms with E-state index in [4.69, 9.17) is 9.15 Å². The molecule has 4 aromatic rings. The summed E-state index contributed by atoms with van der Waals surface area (Å²) < 4.78 is 12.3. The molecule has 1 heterocycles. The van der Waals surface area contributed by atoms with Gasteiger partial charge in [0.05, 0.1) is 0 Å². The first-order valence-corrected chi connectivity index (χ1v) is 10.3. The first kappa shape index (κ1) is 20.5. The molecule has 0 unspecified atom stereocenters. The Bertz CT molecular complexity index is 1300. The van der Waals surface area contributed by atoms with Crippen LogP contribution in [0, 0.1) is 11.3 Å². The van der Waals surface area contributed by atoms with E-state index in [-0.39, 0.29) is 12.2 Å². The van der Waals surface area contributed by atoms with Gasteiger partial charge in [-0.2, -0.15) is 5.26 Å². The summed E-state index contributed by atoms with van der Waals surface area (Å²) in [5.74, 6) is 1.20. The number of amides is 1. The lowest BCUT2D eigenvalue weighted by Gasteiger charge is -2.08. The maximum absolute atomic E-state index is 12.7. The SMILES string of the molecule is N#C/C(=C\c1ccc(COc2ccc(Br)cc2)o1)C(=O)Nc1cccc2ccccc12. The predicted octanol–water partition coefficient (Wildman–Crippen LogP) is 6.32. The van der Waals surface area contributed by atoms with E-state index in [1.165, 1.54) is 6.08 Å². The first-order chi connectivity index (χ1) is 15.1. The topological polar surface area (TPSA) is 75.3 Å². The van der Waals surface area contributed by atoms with Crippen molar-refractivity contribution < 1.29 is 13.9 Å². The lowest BCUT2D eigenvalue weighted by atomic mass is 10.1. The van der Waals surface area contributed by atoms with Gasteiger partial charge in [0, 0.05) is 21.6 Å². The largest absolute Gasteiger partial charge is 0.486 e. The molecule has 0 aliphatic heterocycles. The van der Waals surface area contributed by atoms with Gasteiger partial charge in [-0.3, -0.25) is 4.79 Å². The number of rotatable bonds is 6. The number of carbonyl (C=O) groups excluding carboxylic acids is 1. The monoisotopic (exact) mass is 472 g/mol. The Kier molecular flexibility index (Phi) is 6.16. The molecule has 1 amide bonds. The number of nitriles is 1. The molecule has 31 heavy (non-hydrogen) atoms. The molecule has 0 saturated carbocycles. The van der Waals surface area contributed by atoms with Crippen molar-refractivity contribution in [1.82, 2.24) is 0 Å². The Morgan fingerprint density at radius 3 is 2.61 bits per heavy atom. The molecular formula is C25H17BrN2O3. The van der Waals surface area contributed by atoms with Crippen molar-refractivity contribution in [2.45, 2.75) is 6.61 Å². The first-order valence-electron chi connectivity index (χ1n) is 9.50. The average Bonchev–Trinajstić information content (AvgIpc) is 3.25. The van der Waals surface area contributed by atoms with Gasteiger partial charge in [0.2, 0.25) is 0 Å². The average molecular weight is 473 g/mol. The third kappa shape index (κ3) is 5.03. The van der Waals surface area contributed by atoms with Crippen molar-refractivity contribution in [3.63, 3.8) is 0 Å².